The van der Waals surface area contributed by atoms with Crippen molar-refractivity contribution in [3.63, 3.8) is 0 Å². The summed E-state index contributed by atoms with van der Waals surface area (Å²) in [6.45, 7) is 7.27. The normalized spacial score (nSPS) is 22.9. The maximum absolute atomic E-state index is 13.5. The van der Waals surface area contributed by atoms with Crippen LogP contribution in [0.3, 0.4) is 0 Å². The van der Waals surface area contributed by atoms with E-state index in [0.717, 1.165) is 64.6 Å². The van der Waals surface area contributed by atoms with Crippen molar-refractivity contribution in [2.24, 2.45) is 0 Å². The molecule has 9 nitrogen and oxygen atoms in total. The number of carbonyl (C=O) groups excluding carboxylic acids is 3. The van der Waals surface area contributed by atoms with Crippen LogP contribution in [0.5, 0.6) is 0 Å². The molecule has 2 fully saturated rings. The molecule has 1 saturated carbocycles. The molecule has 0 spiro atoms. The van der Waals surface area contributed by atoms with Gasteiger partial charge in [0, 0.05) is 44.3 Å². The molecule has 5 rings (SSSR count). The van der Waals surface area contributed by atoms with Crippen molar-refractivity contribution in [3.05, 3.63) is 53.3 Å². The van der Waals surface area contributed by atoms with Crippen molar-refractivity contribution in [2.75, 3.05) is 19.6 Å². The predicted octanol–water partition coefficient (Wildman–Crippen LogP) is 2.96. The number of aromatic nitrogens is 2. The fourth-order valence-electron chi connectivity index (χ4n) is 6.07. The van der Waals surface area contributed by atoms with Crippen LogP contribution in [0.15, 0.2) is 36.4 Å². The van der Waals surface area contributed by atoms with Crippen molar-refractivity contribution in [1.82, 2.24) is 30.2 Å². The van der Waals surface area contributed by atoms with Crippen LogP contribution in [0.25, 0.3) is 0 Å². The molecule has 2 aliphatic heterocycles. The molecule has 3 heterocycles. The Morgan fingerprint density at radius 2 is 1.71 bits per heavy atom. The second kappa shape index (κ2) is 11.3. The lowest BCUT2D eigenvalue weighted by Crippen LogP contribution is -2.65. The molecule has 1 aromatic heterocycles. The minimum atomic E-state index is -1.05. The van der Waals surface area contributed by atoms with Gasteiger partial charge in [0.15, 0.2) is 5.69 Å². The molecule has 1 saturated heterocycles. The minimum absolute atomic E-state index is 0.0722. The molecule has 38 heavy (non-hydrogen) atoms. The van der Waals surface area contributed by atoms with Gasteiger partial charge in [0.2, 0.25) is 5.91 Å². The Kier molecular flexibility index (Phi) is 7.83. The summed E-state index contributed by atoms with van der Waals surface area (Å²) in [5.74, 6) is -0.649. The maximum Gasteiger partial charge on any atom is 0.273 e. The minimum Gasteiger partial charge on any atom is -0.351 e. The van der Waals surface area contributed by atoms with E-state index >= 15 is 0 Å². The molecule has 1 aromatic carbocycles. The summed E-state index contributed by atoms with van der Waals surface area (Å²) in [6.07, 6.45) is 6.67. The smallest absolute Gasteiger partial charge is 0.273 e. The number of likely N-dealkylation sites (tertiary alicyclic amines) is 1. The number of amides is 3. The average Bonchev–Trinajstić information content (AvgIpc) is 3.58. The molecular formula is C29H40N6O3. The first-order valence-electron chi connectivity index (χ1n) is 14.2. The van der Waals surface area contributed by atoms with Crippen LogP contribution in [-0.4, -0.2) is 74.6 Å². The lowest BCUT2D eigenvalue weighted by atomic mass is 9.94. The lowest BCUT2D eigenvalue weighted by molar-refractivity contribution is -0.133. The third-order valence-electron chi connectivity index (χ3n) is 8.33. The summed E-state index contributed by atoms with van der Waals surface area (Å²) in [5.41, 5.74) is 0.849. The number of nitrogens with zero attached hydrogens (tertiary/aromatic N) is 4. The molecule has 9 heteroatoms. The van der Waals surface area contributed by atoms with E-state index in [1.165, 1.54) is 5.56 Å². The molecule has 1 aliphatic carbocycles. The molecule has 204 valence electrons. The van der Waals surface area contributed by atoms with E-state index in [-0.39, 0.29) is 42.0 Å². The summed E-state index contributed by atoms with van der Waals surface area (Å²) in [7, 11) is 0. The van der Waals surface area contributed by atoms with Gasteiger partial charge in [0.1, 0.15) is 11.2 Å². The van der Waals surface area contributed by atoms with Crippen molar-refractivity contribution >= 4 is 17.7 Å². The fourth-order valence-corrected chi connectivity index (χ4v) is 6.07. The molecule has 0 radical (unpaired) electrons. The number of fused-ring (bicyclic) bond motifs is 1. The SMILES string of the molecule is CCCN1C(=O)c2cc(C(=O)NC3CCN(Cc4ccccc4)CC3)nn2C[C@@]1(C)C(=O)NC1CCCC1. The van der Waals surface area contributed by atoms with Gasteiger partial charge in [-0.1, -0.05) is 50.1 Å². The van der Waals surface area contributed by atoms with Crippen molar-refractivity contribution in [3.8, 4) is 0 Å². The average molecular weight is 521 g/mol. The van der Waals surface area contributed by atoms with Crippen LogP contribution < -0.4 is 10.6 Å². The Labute approximate surface area is 224 Å². The predicted molar refractivity (Wildman–Crippen MR) is 145 cm³/mol. The molecule has 2 N–H and O–H groups in total. The molecule has 1 atom stereocenters. The highest BCUT2D eigenvalue weighted by Gasteiger charge is 2.48. The van der Waals surface area contributed by atoms with Gasteiger partial charge in [0.05, 0.1) is 6.54 Å². The van der Waals surface area contributed by atoms with Crippen molar-refractivity contribution in [1.29, 1.82) is 0 Å². The Bertz CT molecular complexity index is 1150. The van der Waals surface area contributed by atoms with Gasteiger partial charge in [-0.05, 0) is 44.6 Å². The Morgan fingerprint density at radius 1 is 1.03 bits per heavy atom. The lowest BCUT2D eigenvalue weighted by Gasteiger charge is -2.43. The summed E-state index contributed by atoms with van der Waals surface area (Å²) in [4.78, 5) is 44.2. The summed E-state index contributed by atoms with van der Waals surface area (Å²) in [6, 6.07) is 12.2. The molecule has 0 bridgehead atoms. The zero-order valence-electron chi connectivity index (χ0n) is 22.6. The Balaban J connectivity index is 1.23. The van der Waals surface area contributed by atoms with Crippen molar-refractivity contribution < 1.29 is 14.4 Å². The highest BCUT2D eigenvalue weighted by atomic mass is 16.2. The summed E-state index contributed by atoms with van der Waals surface area (Å²) in [5, 5.41) is 10.8. The van der Waals surface area contributed by atoms with Gasteiger partial charge in [-0.2, -0.15) is 5.10 Å². The molecule has 0 unspecified atom stereocenters. The Hall–Kier alpha value is -3.20. The van der Waals surface area contributed by atoms with Crippen molar-refractivity contribution in [2.45, 2.75) is 89.5 Å². The first kappa shape index (κ1) is 26.4. The maximum atomic E-state index is 13.5. The van der Waals surface area contributed by atoms with E-state index in [4.69, 9.17) is 0 Å². The quantitative estimate of drug-likeness (QED) is 0.558. The van der Waals surface area contributed by atoms with Gasteiger partial charge in [-0.15, -0.1) is 0 Å². The number of hydrogen-bond acceptors (Lipinski definition) is 5. The van der Waals surface area contributed by atoms with E-state index in [1.807, 2.05) is 19.9 Å². The van der Waals surface area contributed by atoms with E-state index in [1.54, 1.807) is 15.6 Å². The first-order valence-corrected chi connectivity index (χ1v) is 14.2. The van der Waals surface area contributed by atoms with Gasteiger partial charge < -0.3 is 15.5 Å². The highest BCUT2D eigenvalue weighted by molar-refractivity contribution is 6.02. The summed E-state index contributed by atoms with van der Waals surface area (Å²) < 4.78 is 1.56. The number of carbonyl (C=O) groups is 3. The van der Waals surface area contributed by atoms with E-state index < -0.39 is 5.54 Å². The number of piperidine rings is 1. The topological polar surface area (TPSA) is 99.6 Å². The van der Waals surface area contributed by atoms with E-state index in [2.05, 4.69) is 44.9 Å². The van der Waals surface area contributed by atoms with Crippen LogP contribution in [0.4, 0.5) is 0 Å². The van der Waals surface area contributed by atoms with Crippen LogP contribution in [-0.2, 0) is 17.9 Å². The molecule has 2 aromatic rings. The largest absolute Gasteiger partial charge is 0.351 e. The van der Waals surface area contributed by atoms with Gasteiger partial charge in [0.25, 0.3) is 11.8 Å². The standard InChI is InChI=1S/C29H40N6O3/c1-3-15-34-27(37)25-18-24(32-35(25)20-29(34,2)28(38)31-22-11-7-8-12-22)26(36)30-23-13-16-33(17-14-23)19-21-9-5-4-6-10-21/h4-6,9-10,18,22-23H,3,7-8,11-17,19-20H2,1-2H3,(H,30,36)(H,31,38)/t29-/m0/s1. The van der Waals surface area contributed by atoms with Crippen LogP contribution in [0.2, 0.25) is 0 Å². The monoisotopic (exact) mass is 520 g/mol. The van der Waals surface area contributed by atoms with Gasteiger partial charge in [-0.25, -0.2) is 0 Å². The van der Waals surface area contributed by atoms with Crippen LogP contribution in [0.1, 0.15) is 85.3 Å². The molecule has 3 aliphatic rings. The number of nitrogens with one attached hydrogen (secondary N) is 2. The fraction of sp³-hybridized carbons (Fsp3) is 0.586. The number of rotatable bonds is 8. The van der Waals surface area contributed by atoms with Gasteiger partial charge in [-0.3, -0.25) is 24.0 Å². The van der Waals surface area contributed by atoms with Crippen LogP contribution >= 0.6 is 0 Å². The number of hydrogen-bond donors (Lipinski definition) is 2. The van der Waals surface area contributed by atoms with E-state index in [9.17, 15) is 14.4 Å². The first-order chi connectivity index (χ1) is 18.4. The Morgan fingerprint density at radius 3 is 2.39 bits per heavy atom. The number of benzene rings is 1. The molecule has 3 amide bonds. The zero-order chi connectivity index (χ0) is 26.7. The van der Waals surface area contributed by atoms with Crippen LogP contribution in [0, 0.1) is 0 Å². The highest BCUT2D eigenvalue weighted by Crippen LogP contribution is 2.29. The zero-order valence-corrected chi connectivity index (χ0v) is 22.6. The second-order valence-electron chi connectivity index (χ2n) is 11.3. The summed E-state index contributed by atoms with van der Waals surface area (Å²) >= 11 is 0. The third-order valence-corrected chi connectivity index (χ3v) is 8.33. The molecular weight excluding hydrogens is 480 g/mol. The second-order valence-corrected chi connectivity index (χ2v) is 11.3. The van der Waals surface area contributed by atoms with Gasteiger partial charge >= 0.3 is 0 Å². The third kappa shape index (κ3) is 5.48. The van der Waals surface area contributed by atoms with E-state index in [0.29, 0.717) is 12.2 Å².